The maximum absolute atomic E-state index is 14.3. The Morgan fingerprint density at radius 2 is 1.67 bits per heavy atom. The van der Waals surface area contributed by atoms with Crippen LogP contribution in [0.25, 0.3) is 33.6 Å². The maximum atomic E-state index is 14.3. The molecule has 1 fully saturated rings. The van der Waals surface area contributed by atoms with Gasteiger partial charge in [0.2, 0.25) is 0 Å². The van der Waals surface area contributed by atoms with Gasteiger partial charge in [-0.1, -0.05) is 68.8 Å². The summed E-state index contributed by atoms with van der Waals surface area (Å²) >= 11 is 5.91. The zero-order valence-corrected chi connectivity index (χ0v) is 27.0. The van der Waals surface area contributed by atoms with Gasteiger partial charge in [-0.15, -0.1) is 0 Å². The Bertz CT molecular complexity index is 1980. The van der Waals surface area contributed by atoms with E-state index >= 15 is 0 Å². The third-order valence-electron chi connectivity index (χ3n) is 8.34. The monoisotopic (exact) mass is 640 g/mol. The summed E-state index contributed by atoms with van der Waals surface area (Å²) in [5, 5.41) is 10.00. The van der Waals surface area contributed by atoms with E-state index in [9.17, 15) is 19.1 Å². The van der Waals surface area contributed by atoms with E-state index in [-0.39, 0.29) is 27.7 Å². The molecule has 8 nitrogen and oxygen atoms in total. The van der Waals surface area contributed by atoms with Crippen LogP contribution >= 0.6 is 11.6 Å². The van der Waals surface area contributed by atoms with E-state index in [1.165, 1.54) is 12.1 Å². The van der Waals surface area contributed by atoms with Crippen molar-refractivity contribution < 1.29 is 23.5 Å². The number of aromatic nitrogens is 2. The van der Waals surface area contributed by atoms with E-state index in [1.807, 2.05) is 75.9 Å². The molecule has 0 unspecified atom stereocenters. The molecule has 10 heteroatoms. The molecule has 0 atom stereocenters. The second-order valence-electron chi connectivity index (χ2n) is 13.2. The molecule has 3 aromatic heterocycles. The van der Waals surface area contributed by atoms with Crippen molar-refractivity contribution in [1.82, 2.24) is 14.9 Å². The number of aromatic carboxylic acids is 1. The molecule has 46 heavy (non-hydrogen) atoms. The number of hydrogen-bond acceptors (Lipinski definition) is 6. The number of amides is 1. The van der Waals surface area contributed by atoms with Crippen LogP contribution in [0.1, 0.15) is 61.1 Å². The number of carbonyl (C=O) groups excluding carboxylic acids is 1. The Morgan fingerprint density at radius 3 is 2.33 bits per heavy atom. The number of furan rings is 1. The lowest BCUT2D eigenvalue weighted by atomic mass is 9.86. The molecular weight excluding hydrogens is 607 g/mol. The molecule has 0 radical (unpaired) electrons. The van der Waals surface area contributed by atoms with Crippen molar-refractivity contribution in [3.8, 4) is 22.5 Å². The molecule has 1 aliphatic heterocycles. The summed E-state index contributed by atoms with van der Waals surface area (Å²) in [5.74, 6) is -1.40. The van der Waals surface area contributed by atoms with Crippen molar-refractivity contribution >= 4 is 40.4 Å². The Labute approximate surface area is 271 Å². The molecule has 0 aliphatic carbocycles. The van der Waals surface area contributed by atoms with E-state index in [4.69, 9.17) is 26.0 Å². The van der Waals surface area contributed by atoms with Crippen LogP contribution < -0.4 is 4.90 Å². The van der Waals surface area contributed by atoms with Gasteiger partial charge in [0.1, 0.15) is 22.7 Å². The van der Waals surface area contributed by atoms with Gasteiger partial charge < -0.3 is 19.3 Å². The van der Waals surface area contributed by atoms with Crippen LogP contribution in [0.15, 0.2) is 77.2 Å². The van der Waals surface area contributed by atoms with Crippen LogP contribution in [0.3, 0.4) is 0 Å². The summed E-state index contributed by atoms with van der Waals surface area (Å²) in [5.41, 5.74) is 3.50. The molecule has 236 valence electrons. The van der Waals surface area contributed by atoms with Crippen LogP contribution in [0.4, 0.5) is 10.2 Å². The Hall–Kier alpha value is -4.76. The SMILES string of the molecule is CC(C)(C)c1cc(-c2ccc(Cl)c(F)c2)nc2cc(C(=O)N3CCN(c4nc(-c5ccccc5)ccc4C(=O)O)CC3(C)C)oc12. The Balaban J connectivity index is 1.32. The number of rotatable bonds is 5. The Morgan fingerprint density at radius 1 is 0.935 bits per heavy atom. The summed E-state index contributed by atoms with van der Waals surface area (Å²) in [6.45, 7) is 11.0. The molecule has 1 saturated heterocycles. The van der Waals surface area contributed by atoms with Crippen molar-refractivity contribution in [1.29, 1.82) is 0 Å². The van der Waals surface area contributed by atoms with Crippen molar-refractivity contribution in [2.75, 3.05) is 24.5 Å². The highest BCUT2D eigenvalue weighted by Gasteiger charge is 2.40. The summed E-state index contributed by atoms with van der Waals surface area (Å²) < 4.78 is 20.6. The van der Waals surface area contributed by atoms with Crippen molar-refractivity contribution in [3.05, 3.63) is 101 Å². The molecule has 5 aromatic rings. The number of hydrogen-bond donors (Lipinski definition) is 1. The lowest BCUT2D eigenvalue weighted by Gasteiger charge is -2.47. The minimum Gasteiger partial charge on any atom is -0.478 e. The summed E-state index contributed by atoms with van der Waals surface area (Å²) in [6.07, 6.45) is 0. The van der Waals surface area contributed by atoms with E-state index in [0.717, 1.165) is 11.1 Å². The van der Waals surface area contributed by atoms with Gasteiger partial charge in [0.15, 0.2) is 11.3 Å². The van der Waals surface area contributed by atoms with Gasteiger partial charge in [0.25, 0.3) is 5.91 Å². The van der Waals surface area contributed by atoms with Crippen molar-refractivity contribution in [3.63, 3.8) is 0 Å². The normalized spacial score (nSPS) is 14.9. The lowest BCUT2D eigenvalue weighted by Crippen LogP contribution is -2.61. The van der Waals surface area contributed by atoms with Gasteiger partial charge in [-0.05, 0) is 49.6 Å². The molecule has 0 bridgehead atoms. The second kappa shape index (κ2) is 11.6. The number of benzene rings is 2. The highest BCUT2D eigenvalue weighted by atomic mass is 35.5. The number of piperazine rings is 1. The van der Waals surface area contributed by atoms with Gasteiger partial charge in [0, 0.05) is 42.4 Å². The highest BCUT2D eigenvalue weighted by molar-refractivity contribution is 6.30. The quantitative estimate of drug-likeness (QED) is 0.207. The first-order valence-corrected chi connectivity index (χ1v) is 15.4. The average Bonchev–Trinajstić information content (AvgIpc) is 3.45. The van der Waals surface area contributed by atoms with Gasteiger partial charge >= 0.3 is 5.97 Å². The van der Waals surface area contributed by atoms with Crippen LogP contribution in [0.2, 0.25) is 5.02 Å². The third kappa shape index (κ3) is 5.83. The molecule has 1 N–H and O–H groups in total. The van der Waals surface area contributed by atoms with E-state index in [1.54, 1.807) is 29.2 Å². The molecule has 4 heterocycles. The minimum atomic E-state index is -1.07. The van der Waals surface area contributed by atoms with Gasteiger partial charge in [-0.25, -0.2) is 19.2 Å². The minimum absolute atomic E-state index is 0.0265. The zero-order valence-electron chi connectivity index (χ0n) is 26.3. The number of fused-ring (bicyclic) bond motifs is 1. The first-order chi connectivity index (χ1) is 21.7. The summed E-state index contributed by atoms with van der Waals surface area (Å²) in [4.78, 5) is 39.4. The molecular formula is C36H34ClFN4O4. The molecule has 2 aromatic carbocycles. The maximum Gasteiger partial charge on any atom is 0.339 e. The zero-order chi connectivity index (χ0) is 33.0. The number of carboxylic acids is 1. The fraction of sp³-hybridized carbons (Fsp3) is 0.278. The molecule has 1 amide bonds. The highest BCUT2D eigenvalue weighted by Crippen LogP contribution is 2.37. The predicted molar refractivity (Wildman–Crippen MR) is 177 cm³/mol. The van der Waals surface area contributed by atoms with E-state index in [2.05, 4.69) is 0 Å². The number of pyridine rings is 2. The Kier molecular flexibility index (Phi) is 7.84. The van der Waals surface area contributed by atoms with Crippen LogP contribution in [0.5, 0.6) is 0 Å². The van der Waals surface area contributed by atoms with E-state index in [0.29, 0.717) is 53.5 Å². The standard InChI is InChI=1S/C36H34ClFN4O4/c1-35(2,3)24-18-28(22-11-13-25(37)26(38)17-22)39-29-19-30(46-31(24)29)33(43)42-16-15-41(20-36(42,4)5)32-23(34(44)45)12-14-27(40-32)21-9-7-6-8-10-21/h6-14,17-19H,15-16,20H2,1-5H3,(H,44,45). The van der Waals surface area contributed by atoms with Crippen LogP contribution in [0, 0.1) is 5.82 Å². The largest absolute Gasteiger partial charge is 0.478 e. The van der Waals surface area contributed by atoms with Gasteiger partial charge in [0.05, 0.1) is 21.9 Å². The second-order valence-corrected chi connectivity index (χ2v) is 13.6. The first-order valence-electron chi connectivity index (χ1n) is 15.0. The smallest absolute Gasteiger partial charge is 0.339 e. The number of carboxylic acid groups (broad SMARTS) is 1. The third-order valence-corrected chi connectivity index (χ3v) is 8.64. The van der Waals surface area contributed by atoms with Crippen molar-refractivity contribution in [2.45, 2.75) is 45.6 Å². The topological polar surface area (TPSA) is 99.8 Å². The van der Waals surface area contributed by atoms with Crippen LogP contribution in [-0.2, 0) is 5.41 Å². The van der Waals surface area contributed by atoms with E-state index < -0.39 is 17.3 Å². The molecule has 0 spiro atoms. The summed E-state index contributed by atoms with van der Waals surface area (Å²) in [7, 11) is 0. The summed E-state index contributed by atoms with van der Waals surface area (Å²) in [6, 6.07) is 20.9. The number of nitrogens with zero attached hydrogens (tertiary/aromatic N) is 4. The predicted octanol–water partition coefficient (Wildman–Crippen LogP) is 8.09. The number of anilines is 1. The fourth-order valence-corrected chi connectivity index (χ4v) is 6.08. The number of carbonyl (C=O) groups is 2. The average molecular weight is 641 g/mol. The van der Waals surface area contributed by atoms with Gasteiger partial charge in [-0.2, -0.15) is 0 Å². The van der Waals surface area contributed by atoms with Crippen molar-refractivity contribution in [2.24, 2.45) is 0 Å². The number of halogens is 2. The van der Waals surface area contributed by atoms with Gasteiger partial charge in [-0.3, -0.25) is 4.79 Å². The first kappa shape index (κ1) is 31.2. The molecule has 6 rings (SSSR count). The fourth-order valence-electron chi connectivity index (χ4n) is 5.96. The molecule has 1 aliphatic rings. The lowest BCUT2D eigenvalue weighted by molar-refractivity contribution is 0.0481. The molecule has 0 saturated carbocycles. The van der Waals surface area contributed by atoms with Crippen LogP contribution in [-0.4, -0.2) is 57.0 Å².